The molecule has 0 saturated carbocycles. The van der Waals surface area contributed by atoms with E-state index in [1.165, 1.54) is 14.0 Å². The maximum absolute atomic E-state index is 12.3. The third-order valence-corrected chi connectivity index (χ3v) is 3.34. The van der Waals surface area contributed by atoms with Crippen molar-refractivity contribution in [1.82, 2.24) is 0 Å². The van der Waals surface area contributed by atoms with Crippen molar-refractivity contribution in [3.05, 3.63) is 71.8 Å². The molecule has 0 aliphatic rings. The highest BCUT2D eigenvalue weighted by molar-refractivity contribution is 5.80. The summed E-state index contributed by atoms with van der Waals surface area (Å²) in [7, 11) is 1.33. The van der Waals surface area contributed by atoms with Crippen molar-refractivity contribution in [2.45, 2.75) is 18.9 Å². The van der Waals surface area contributed by atoms with Crippen LogP contribution in [0.5, 0.6) is 0 Å². The third kappa shape index (κ3) is 3.73. The number of carbonyl (C=O) groups is 2. The van der Waals surface area contributed by atoms with Gasteiger partial charge in [-0.05, 0) is 11.1 Å². The Hall–Kier alpha value is -2.62. The van der Waals surface area contributed by atoms with Gasteiger partial charge in [-0.15, -0.1) is 0 Å². The fourth-order valence-corrected chi connectivity index (χ4v) is 2.37. The van der Waals surface area contributed by atoms with Crippen LogP contribution in [0.2, 0.25) is 0 Å². The third-order valence-electron chi connectivity index (χ3n) is 3.34. The van der Waals surface area contributed by atoms with Gasteiger partial charge in [-0.25, -0.2) is 0 Å². The maximum atomic E-state index is 12.3. The Labute approximate surface area is 129 Å². The molecule has 0 heterocycles. The van der Waals surface area contributed by atoms with Crippen molar-refractivity contribution < 1.29 is 19.1 Å². The molecule has 0 radical (unpaired) electrons. The molecule has 2 aromatic rings. The van der Waals surface area contributed by atoms with Crippen molar-refractivity contribution in [3.8, 4) is 0 Å². The van der Waals surface area contributed by atoms with Crippen LogP contribution in [0.15, 0.2) is 60.7 Å². The zero-order valence-electron chi connectivity index (χ0n) is 12.6. The standard InChI is InChI=1S/C18H18O4/c1-13(19)22-17(15-11-7-4-8-12-15)16(18(20)21-2)14-9-5-3-6-10-14/h3-12,16-17H,1-2H3. The van der Waals surface area contributed by atoms with Crippen LogP contribution < -0.4 is 0 Å². The van der Waals surface area contributed by atoms with Crippen LogP contribution in [0.25, 0.3) is 0 Å². The molecule has 22 heavy (non-hydrogen) atoms. The first-order valence-corrected chi connectivity index (χ1v) is 6.98. The Morgan fingerprint density at radius 2 is 1.36 bits per heavy atom. The zero-order valence-corrected chi connectivity index (χ0v) is 12.6. The minimum absolute atomic E-state index is 0.443. The van der Waals surface area contributed by atoms with Gasteiger partial charge in [0.05, 0.1) is 7.11 Å². The Balaban J connectivity index is 2.48. The van der Waals surface area contributed by atoms with Gasteiger partial charge in [0.2, 0.25) is 0 Å². The molecule has 4 heteroatoms. The van der Waals surface area contributed by atoms with E-state index >= 15 is 0 Å². The molecule has 2 unspecified atom stereocenters. The van der Waals surface area contributed by atoms with E-state index in [-0.39, 0.29) is 0 Å². The van der Waals surface area contributed by atoms with Crippen LogP contribution in [0.3, 0.4) is 0 Å². The molecule has 0 aliphatic heterocycles. The molecule has 0 amide bonds. The van der Waals surface area contributed by atoms with E-state index in [9.17, 15) is 9.59 Å². The lowest BCUT2D eigenvalue weighted by molar-refractivity contribution is -0.155. The largest absolute Gasteiger partial charge is 0.468 e. The summed E-state index contributed by atoms with van der Waals surface area (Å²) in [6, 6.07) is 18.4. The first kappa shape index (κ1) is 15.8. The average molecular weight is 298 g/mol. The van der Waals surface area contributed by atoms with Gasteiger partial charge in [-0.3, -0.25) is 9.59 Å². The summed E-state index contributed by atoms with van der Waals surface area (Å²) in [6.07, 6.45) is -0.728. The van der Waals surface area contributed by atoms with Gasteiger partial charge in [0.1, 0.15) is 12.0 Å². The summed E-state index contributed by atoms with van der Waals surface area (Å²) in [4.78, 5) is 23.8. The lowest BCUT2D eigenvalue weighted by Crippen LogP contribution is -2.25. The topological polar surface area (TPSA) is 52.6 Å². The molecule has 4 nitrogen and oxygen atoms in total. The summed E-state index contributed by atoms with van der Waals surface area (Å²) in [5.74, 6) is -1.60. The molecule has 114 valence electrons. The average Bonchev–Trinajstić information content (AvgIpc) is 2.55. The summed E-state index contributed by atoms with van der Waals surface area (Å²) in [6.45, 7) is 1.33. The van der Waals surface area contributed by atoms with E-state index < -0.39 is 24.0 Å². The second-order valence-electron chi connectivity index (χ2n) is 4.85. The number of hydrogen-bond acceptors (Lipinski definition) is 4. The quantitative estimate of drug-likeness (QED) is 0.795. The molecular formula is C18H18O4. The number of ether oxygens (including phenoxy) is 2. The summed E-state index contributed by atoms with van der Waals surface area (Å²) >= 11 is 0. The van der Waals surface area contributed by atoms with Crippen LogP contribution in [-0.4, -0.2) is 19.0 Å². The van der Waals surface area contributed by atoms with E-state index in [1.54, 1.807) is 0 Å². The maximum Gasteiger partial charge on any atom is 0.317 e. The van der Waals surface area contributed by atoms with Crippen LogP contribution in [-0.2, 0) is 19.1 Å². The van der Waals surface area contributed by atoms with Gasteiger partial charge in [-0.2, -0.15) is 0 Å². The predicted molar refractivity (Wildman–Crippen MR) is 82.1 cm³/mol. The molecule has 2 aromatic carbocycles. The van der Waals surface area contributed by atoms with Crippen molar-refractivity contribution in [3.63, 3.8) is 0 Å². The van der Waals surface area contributed by atoms with Gasteiger partial charge >= 0.3 is 11.9 Å². The number of carbonyl (C=O) groups excluding carboxylic acids is 2. The SMILES string of the molecule is COC(=O)C(c1ccccc1)C(OC(C)=O)c1ccccc1. The molecule has 0 bridgehead atoms. The molecule has 2 rings (SSSR count). The minimum Gasteiger partial charge on any atom is -0.468 e. The molecule has 2 atom stereocenters. The van der Waals surface area contributed by atoms with Gasteiger partial charge in [0.15, 0.2) is 0 Å². The Kier molecular flexibility index (Phi) is 5.31. The molecule has 0 fully saturated rings. The van der Waals surface area contributed by atoms with E-state index in [4.69, 9.17) is 9.47 Å². The Morgan fingerprint density at radius 1 is 0.864 bits per heavy atom. The van der Waals surface area contributed by atoms with Crippen molar-refractivity contribution in [2.24, 2.45) is 0 Å². The monoisotopic (exact) mass is 298 g/mol. The summed E-state index contributed by atoms with van der Waals surface area (Å²) in [5, 5.41) is 0. The van der Waals surface area contributed by atoms with E-state index in [2.05, 4.69) is 0 Å². The van der Waals surface area contributed by atoms with Crippen molar-refractivity contribution in [1.29, 1.82) is 0 Å². The summed E-state index contributed by atoms with van der Waals surface area (Å²) in [5.41, 5.74) is 1.49. The van der Waals surface area contributed by atoms with Crippen molar-refractivity contribution >= 4 is 11.9 Å². The summed E-state index contributed by atoms with van der Waals surface area (Å²) < 4.78 is 10.4. The Morgan fingerprint density at radius 3 is 1.82 bits per heavy atom. The van der Waals surface area contributed by atoms with Crippen LogP contribution in [0.1, 0.15) is 30.1 Å². The van der Waals surface area contributed by atoms with Crippen molar-refractivity contribution in [2.75, 3.05) is 7.11 Å². The molecule has 0 N–H and O–H groups in total. The fraction of sp³-hybridized carbons (Fsp3) is 0.222. The number of methoxy groups -OCH3 is 1. The molecule has 0 spiro atoms. The highest BCUT2D eigenvalue weighted by atomic mass is 16.6. The molecule has 0 aromatic heterocycles. The molecular weight excluding hydrogens is 280 g/mol. The lowest BCUT2D eigenvalue weighted by atomic mass is 9.89. The zero-order chi connectivity index (χ0) is 15.9. The fourth-order valence-electron chi connectivity index (χ4n) is 2.37. The highest BCUT2D eigenvalue weighted by Crippen LogP contribution is 2.35. The Bertz CT molecular complexity index is 622. The van der Waals surface area contributed by atoms with E-state index in [0.717, 1.165) is 11.1 Å². The molecule has 0 saturated heterocycles. The molecule has 0 aliphatic carbocycles. The normalized spacial score (nSPS) is 13.0. The van der Waals surface area contributed by atoms with Gasteiger partial charge in [-0.1, -0.05) is 60.7 Å². The lowest BCUT2D eigenvalue weighted by Gasteiger charge is -2.25. The smallest absolute Gasteiger partial charge is 0.317 e. The minimum atomic E-state index is -0.728. The second-order valence-corrected chi connectivity index (χ2v) is 4.85. The number of benzene rings is 2. The first-order valence-electron chi connectivity index (χ1n) is 6.98. The van der Waals surface area contributed by atoms with Crippen LogP contribution >= 0.6 is 0 Å². The van der Waals surface area contributed by atoms with Gasteiger partial charge in [0, 0.05) is 6.92 Å². The highest BCUT2D eigenvalue weighted by Gasteiger charge is 2.34. The number of rotatable bonds is 5. The predicted octanol–water partition coefficient (Wildman–Crippen LogP) is 3.25. The van der Waals surface area contributed by atoms with Gasteiger partial charge < -0.3 is 9.47 Å². The van der Waals surface area contributed by atoms with E-state index in [0.29, 0.717) is 0 Å². The second kappa shape index (κ2) is 7.41. The van der Waals surface area contributed by atoms with E-state index in [1.807, 2.05) is 60.7 Å². The van der Waals surface area contributed by atoms with Crippen LogP contribution in [0.4, 0.5) is 0 Å². The number of esters is 2. The first-order chi connectivity index (χ1) is 10.6. The number of hydrogen-bond donors (Lipinski definition) is 0. The van der Waals surface area contributed by atoms with Gasteiger partial charge in [0.25, 0.3) is 0 Å². The van der Waals surface area contributed by atoms with Crippen LogP contribution in [0, 0.1) is 0 Å².